The Labute approximate surface area is 150 Å². The number of ether oxygens (including phenoxy) is 1. The normalized spacial score (nSPS) is 23.9. The van der Waals surface area contributed by atoms with Gasteiger partial charge in [0.15, 0.2) is 0 Å². The largest absolute Gasteiger partial charge is 0.416 e. The highest BCUT2D eigenvalue weighted by Gasteiger charge is 2.34. The highest BCUT2D eigenvalue weighted by Crippen LogP contribution is 2.35. The molecule has 3 N–H and O–H groups in total. The minimum Gasteiger partial charge on any atom is -0.378 e. The summed E-state index contributed by atoms with van der Waals surface area (Å²) in [5.74, 6) is -0.421. The maximum absolute atomic E-state index is 13.5. The lowest BCUT2D eigenvalue weighted by Gasteiger charge is -2.29. The Kier molecular flexibility index (Phi) is 5.72. The molecule has 1 aliphatic carbocycles. The summed E-state index contributed by atoms with van der Waals surface area (Å²) in [5, 5.41) is 2.64. The zero-order valence-corrected chi connectivity index (χ0v) is 14.5. The molecule has 2 aliphatic rings. The maximum Gasteiger partial charge on any atom is 0.416 e. The standard InChI is InChI=1S/C18H24F3N3O2/c19-18(20,21)16-10-15(24-5-7-26-8-6-24)4-2-13(16)11-23-17(25)12-1-3-14(22)9-12/h2,4,10,12,14H,1,3,5-9,11,22H2,(H,23,25)/t12-,14-/m0/s1. The van der Waals surface area contributed by atoms with Crippen LogP contribution in [0.1, 0.15) is 30.4 Å². The smallest absolute Gasteiger partial charge is 0.378 e. The van der Waals surface area contributed by atoms with Gasteiger partial charge in [-0.2, -0.15) is 13.2 Å². The third kappa shape index (κ3) is 4.48. The third-order valence-electron chi connectivity index (χ3n) is 5.07. The van der Waals surface area contributed by atoms with Crippen molar-refractivity contribution in [3.8, 4) is 0 Å². The van der Waals surface area contributed by atoms with E-state index in [1.165, 1.54) is 6.07 Å². The maximum atomic E-state index is 13.5. The number of alkyl halides is 3. The van der Waals surface area contributed by atoms with Crippen LogP contribution >= 0.6 is 0 Å². The van der Waals surface area contributed by atoms with E-state index in [1.54, 1.807) is 6.07 Å². The van der Waals surface area contributed by atoms with Gasteiger partial charge in [0.05, 0.1) is 18.8 Å². The molecule has 0 aromatic heterocycles. The van der Waals surface area contributed by atoms with E-state index >= 15 is 0 Å². The first-order valence-electron chi connectivity index (χ1n) is 8.90. The van der Waals surface area contributed by atoms with Gasteiger partial charge in [0.25, 0.3) is 0 Å². The molecule has 5 nitrogen and oxygen atoms in total. The second-order valence-electron chi connectivity index (χ2n) is 6.93. The fourth-order valence-corrected chi connectivity index (χ4v) is 3.58. The molecular formula is C18H24F3N3O2. The molecule has 1 saturated carbocycles. The minimum atomic E-state index is -4.47. The lowest BCUT2D eigenvalue weighted by atomic mass is 10.0. The van der Waals surface area contributed by atoms with Crippen LogP contribution in [-0.4, -0.2) is 38.3 Å². The molecule has 1 saturated heterocycles. The molecule has 2 fully saturated rings. The van der Waals surface area contributed by atoms with Gasteiger partial charge in [-0.25, -0.2) is 0 Å². The van der Waals surface area contributed by atoms with Gasteiger partial charge >= 0.3 is 6.18 Å². The SMILES string of the molecule is N[C@H]1CC[C@H](C(=O)NCc2ccc(N3CCOCC3)cc2C(F)(F)F)C1. The van der Waals surface area contributed by atoms with Crippen LogP contribution in [0.25, 0.3) is 0 Å². The first kappa shape index (κ1) is 19.0. The van der Waals surface area contributed by atoms with Gasteiger partial charge < -0.3 is 20.7 Å². The molecule has 144 valence electrons. The van der Waals surface area contributed by atoms with E-state index in [-0.39, 0.29) is 30.0 Å². The fraction of sp³-hybridized carbons (Fsp3) is 0.611. The van der Waals surface area contributed by atoms with Gasteiger partial charge in [-0.05, 0) is 37.0 Å². The van der Waals surface area contributed by atoms with Crippen molar-refractivity contribution in [2.45, 2.75) is 38.0 Å². The number of anilines is 1. The number of amides is 1. The van der Waals surface area contributed by atoms with Crippen molar-refractivity contribution < 1.29 is 22.7 Å². The molecule has 0 bridgehead atoms. The van der Waals surface area contributed by atoms with Crippen LogP contribution in [-0.2, 0) is 22.3 Å². The van der Waals surface area contributed by atoms with Crippen molar-refractivity contribution in [3.05, 3.63) is 29.3 Å². The number of hydrogen-bond donors (Lipinski definition) is 2. The Balaban J connectivity index is 1.72. The number of nitrogens with one attached hydrogen (secondary N) is 1. The number of halogens is 3. The zero-order chi connectivity index (χ0) is 18.7. The molecule has 1 aromatic carbocycles. The summed E-state index contributed by atoms with van der Waals surface area (Å²) in [4.78, 5) is 14.0. The summed E-state index contributed by atoms with van der Waals surface area (Å²) < 4.78 is 45.7. The molecule has 1 aromatic rings. The number of morpholine rings is 1. The summed E-state index contributed by atoms with van der Waals surface area (Å²) in [6, 6.07) is 4.30. The van der Waals surface area contributed by atoms with Gasteiger partial charge in [-0.15, -0.1) is 0 Å². The van der Waals surface area contributed by atoms with Crippen molar-refractivity contribution >= 4 is 11.6 Å². The van der Waals surface area contributed by atoms with E-state index in [4.69, 9.17) is 10.5 Å². The monoisotopic (exact) mass is 371 g/mol. The summed E-state index contributed by atoms with van der Waals surface area (Å²) in [5.41, 5.74) is 5.69. The summed E-state index contributed by atoms with van der Waals surface area (Å²) >= 11 is 0. The summed E-state index contributed by atoms with van der Waals surface area (Å²) in [7, 11) is 0. The number of benzene rings is 1. The molecule has 0 radical (unpaired) electrons. The lowest BCUT2D eigenvalue weighted by Crippen LogP contribution is -2.36. The zero-order valence-electron chi connectivity index (χ0n) is 14.5. The Morgan fingerprint density at radius 3 is 2.62 bits per heavy atom. The predicted molar refractivity (Wildman–Crippen MR) is 91.6 cm³/mol. The Morgan fingerprint density at radius 1 is 1.27 bits per heavy atom. The quantitative estimate of drug-likeness (QED) is 0.852. The first-order valence-corrected chi connectivity index (χ1v) is 8.90. The van der Waals surface area contributed by atoms with E-state index in [1.807, 2.05) is 4.90 Å². The predicted octanol–water partition coefficient (Wildman–Crippen LogP) is 2.29. The number of carbonyl (C=O) groups is 1. The van der Waals surface area contributed by atoms with Gasteiger partial charge in [-0.3, -0.25) is 4.79 Å². The fourth-order valence-electron chi connectivity index (χ4n) is 3.58. The van der Waals surface area contributed by atoms with Crippen LogP contribution in [0, 0.1) is 5.92 Å². The number of nitrogens with zero attached hydrogens (tertiary/aromatic N) is 1. The van der Waals surface area contributed by atoms with Crippen molar-refractivity contribution in [1.82, 2.24) is 5.32 Å². The van der Waals surface area contributed by atoms with Crippen LogP contribution in [0.15, 0.2) is 18.2 Å². The second-order valence-corrected chi connectivity index (χ2v) is 6.93. The van der Waals surface area contributed by atoms with Crippen molar-refractivity contribution in [2.75, 3.05) is 31.2 Å². The van der Waals surface area contributed by atoms with E-state index in [0.717, 1.165) is 12.5 Å². The molecule has 8 heteroatoms. The molecule has 1 aliphatic heterocycles. The highest BCUT2D eigenvalue weighted by atomic mass is 19.4. The summed E-state index contributed by atoms with van der Waals surface area (Å²) in [6.45, 7) is 2.00. The van der Waals surface area contributed by atoms with Crippen LogP contribution in [0.5, 0.6) is 0 Å². The molecule has 1 heterocycles. The van der Waals surface area contributed by atoms with Gasteiger partial charge in [-0.1, -0.05) is 6.07 Å². The molecule has 0 spiro atoms. The molecular weight excluding hydrogens is 347 g/mol. The van der Waals surface area contributed by atoms with Gasteiger partial charge in [0.1, 0.15) is 0 Å². The van der Waals surface area contributed by atoms with Crippen LogP contribution in [0.3, 0.4) is 0 Å². The molecule has 0 unspecified atom stereocenters. The third-order valence-corrected chi connectivity index (χ3v) is 5.07. The second kappa shape index (κ2) is 7.84. The van der Waals surface area contributed by atoms with Crippen molar-refractivity contribution in [3.63, 3.8) is 0 Å². The lowest BCUT2D eigenvalue weighted by molar-refractivity contribution is -0.138. The molecule has 26 heavy (non-hydrogen) atoms. The van der Waals surface area contributed by atoms with E-state index < -0.39 is 11.7 Å². The van der Waals surface area contributed by atoms with Crippen molar-refractivity contribution in [1.29, 1.82) is 0 Å². The molecule has 2 atom stereocenters. The molecule has 3 rings (SSSR count). The average molecular weight is 371 g/mol. The number of hydrogen-bond acceptors (Lipinski definition) is 4. The highest BCUT2D eigenvalue weighted by molar-refractivity contribution is 5.79. The van der Waals surface area contributed by atoms with Gasteiger partial charge in [0, 0.05) is 37.3 Å². The van der Waals surface area contributed by atoms with Crippen LogP contribution in [0.2, 0.25) is 0 Å². The van der Waals surface area contributed by atoms with Gasteiger partial charge in [0.2, 0.25) is 5.91 Å². The average Bonchev–Trinajstić information content (AvgIpc) is 3.06. The van der Waals surface area contributed by atoms with E-state index in [0.29, 0.717) is 44.8 Å². The van der Waals surface area contributed by atoms with Crippen LogP contribution in [0.4, 0.5) is 18.9 Å². The Bertz CT molecular complexity index is 645. The minimum absolute atomic E-state index is 0.00397. The van der Waals surface area contributed by atoms with E-state index in [2.05, 4.69) is 5.32 Å². The molecule has 1 amide bonds. The first-order chi connectivity index (χ1) is 12.3. The number of nitrogens with two attached hydrogens (primary N) is 1. The van der Waals surface area contributed by atoms with E-state index in [9.17, 15) is 18.0 Å². The van der Waals surface area contributed by atoms with Crippen molar-refractivity contribution in [2.24, 2.45) is 11.7 Å². The van der Waals surface area contributed by atoms with Crippen LogP contribution < -0.4 is 16.0 Å². The topological polar surface area (TPSA) is 67.6 Å². The Morgan fingerprint density at radius 2 is 2.00 bits per heavy atom. The summed E-state index contributed by atoms with van der Waals surface area (Å²) in [6.07, 6.45) is -2.42. The Hall–Kier alpha value is -1.80. The number of rotatable bonds is 4. The number of carbonyl (C=O) groups excluding carboxylic acids is 1.